The highest BCUT2D eigenvalue weighted by Gasteiger charge is 2.18. The molecule has 0 saturated heterocycles. The molecule has 0 radical (unpaired) electrons. The molecule has 3 N–H and O–H groups in total. The Morgan fingerprint density at radius 1 is 0.800 bits per heavy atom. The van der Waals surface area contributed by atoms with Crippen LogP contribution in [0.4, 0.5) is 5.69 Å². The van der Waals surface area contributed by atoms with E-state index in [2.05, 4.69) is 5.32 Å². The van der Waals surface area contributed by atoms with E-state index in [1.807, 2.05) is 0 Å². The highest BCUT2D eigenvalue weighted by atomic mass is 35.5. The maximum atomic E-state index is 5.95. The first-order valence-electron chi connectivity index (χ1n) is 3.96. The van der Waals surface area contributed by atoms with Gasteiger partial charge in [-0.3, -0.25) is 0 Å². The predicted octanol–water partition coefficient (Wildman–Crippen LogP) is 4.32. The summed E-state index contributed by atoms with van der Waals surface area (Å²) in [7, 11) is 0. The molecule has 84 valence electrons. The molecule has 1 rings (SSSR count). The summed E-state index contributed by atoms with van der Waals surface area (Å²) >= 11 is 29.4. The molecule has 0 saturated carbocycles. The molecule has 0 bridgehead atoms. The Morgan fingerprint density at radius 2 is 1.20 bits per heavy atom. The van der Waals surface area contributed by atoms with Crippen molar-refractivity contribution in [2.75, 3.05) is 18.4 Å². The zero-order chi connectivity index (χ0) is 11.6. The average Bonchev–Trinajstić information content (AvgIpc) is 2.24. The van der Waals surface area contributed by atoms with E-state index in [0.29, 0.717) is 18.8 Å². The van der Waals surface area contributed by atoms with Gasteiger partial charge in [0, 0.05) is 13.1 Å². The Bertz CT molecular complexity index is 351. The van der Waals surface area contributed by atoms with Crippen LogP contribution in [0, 0.1) is 0 Å². The van der Waals surface area contributed by atoms with Gasteiger partial charge in [0.1, 0.15) is 0 Å². The third-order valence-electron chi connectivity index (χ3n) is 1.66. The van der Waals surface area contributed by atoms with E-state index in [0.717, 1.165) is 0 Å². The second kappa shape index (κ2) is 5.67. The van der Waals surface area contributed by atoms with E-state index >= 15 is 0 Å². The zero-order valence-corrected chi connectivity index (χ0v) is 11.2. The molecule has 0 unspecified atom stereocenters. The van der Waals surface area contributed by atoms with Crippen LogP contribution in [0.5, 0.6) is 0 Å². The molecular weight excluding hydrogens is 301 g/mol. The molecule has 1 aromatic carbocycles. The third-order valence-corrected chi connectivity index (χ3v) is 3.93. The molecule has 0 aliphatic rings. The van der Waals surface area contributed by atoms with Gasteiger partial charge in [-0.25, -0.2) is 0 Å². The summed E-state index contributed by atoms with van der Waals surface area (Å²) in [5.74, 6) is 0. The van der Waals surface area contributed by atoms with Gasteiger partial charge in [0.15, 0.2) is 0 Å². The molecule has 0 fully saturated rings. The first-order chi connectivity index (χ1) is 7.00. The van der Waals surface area contributed by atoms with Crippen LogP contribution in [-0.2, 0) is 0 Å². The number of hydrogen-bond acceptors (Lipinski definition) is 2. The SMILES string of the molecule is NCCNc1c(Cl)c(Cl)c(Cl)c(Cl)c1Cl. The van der Waals surface area contributed by atoms with E-state index in [1.54, 1.807) is 0 Å². The molecule has 15 heavy (non-hydrogen) atoms. The molecule has 0 amide bonds. The fourth-order valence-electron chi connectivity index (χ4n) is 0.957. The largest absolute Gasteiger partial charge is 0.381 e. The normalized spacial score (nSPS) is 10.5. The lowest BCUT2D eigenvalue weighted by Crippen LogP contribution is -2.13. The van der Waals surface area contributed by atoms with Crippen molar-refractivity contribution in [1.29, 1.82) is 0 Å². The quantitative estimate of drug-likeness (QED) is 0.644. The first kappa shape index (κ1) is 13.5. The Labute approximate surface area is 113 Å². The molecule has 0 spiro atoms. The highest BCUT2D eigenvalue weighted by molar-refractivity contribution is 6.56. The molecule has 0 atom stereocenters. The van der Waals surface area contributed by atoms with Gasteiger partial charge >= 0.3 is 0 Å². The summed E-state index contributed by atoms with van der Waals surface area (Å²) in [4.78, 5) is 0. The minimum Gasteiger partial charge on any atom is -0.381 e. The van der Waals surface area contributed by atoms with Crippen LogP contribution in [0.15, 0.2) is 0 Å². The van der Waals surface area contributed by atoms with Crippen molar-refractivity contribution in [3.8, 4) is 0 Å². The lowest BCUT2D eigenvalue weighted by atomic mass is 10.3. The van der Waals surface area contributed by atoms with Crippen LogP contribution in [0.2, 0.25) is 25.1 Å². The fraction of sp³-hybridized carbons (Fsp3) is 0.250. The second-order valence-corrected chi connectivity index (χ2v) is 4.55. The van der Waals surface area contributed by atoms with Gasteiger partial charge in [-0.1, -0.05) is 58.0 Å². The molecule has 1 aromatic rings. The number of rotatable bonds is 3. The van der Waals surface area contributed by atoms with Crippen LogP contribution in [0.25, 0.3) is 0 Å². The molecule has 0 heterocycles. The van der Waals surface area contributed by atoms with E-state index in [4.69, 9.17) is 63.7 Å². The van der Waals surface area contributed by atoms with Crippen molar-refractivity contribution >= 4 is 63.7 Å². The molecule has 0 aromatic heterocycles. The van der Waals surface area contributed by atoms with E-state index in [9.17, 15) is 0 Å². The van der Waals surface area contributed by atoms with Gasteiger partial charge in [0.2, 0.25) is 0 Å². The van der Waals surface area contributed by atoms with Crippen LogP contribution in [-0.4, -0.2) is 13.1 Å². The van der Waals surface area contributed by atoms with Gasteiger partial charge in [-0.2, -0.15) is 0 Å². The number of benzene rings is 1. The third kappa shape index (κ3) is 2.76. The van der Waals surface area contributed by atoms with Crippen molar-refractivity contribution in [3.63, 3.8) is 0 Å². The molecule has 2 nitrogen and oxygen atoms in total. The van der Waals surface area contributed by atoms with Crippen LogP contribution < -0.4 is 11.1 Å². The minimum absolute atomic E-state index is 0.145. The monoisotopic (exact) mass is 306 g/mol. The number of nitrogens with one attached hydrogen (secondary N) is 1. The Kier molecular flexibility index (Phi) is 5.10. The van der Waals surface area contributed by atoms with Gasteiger partial charge in [-0.15, -0.1) is 0 Å². The minimum atomic E-state index is 0.145. The fourth-order valence-corrected chi connectivity index (χ4v) is 2.23. The molecular formula is C8H7Cl5N2. The maximum Gasteiger partial charge on any atom is 0.0855 e. The van der Waals surface area contributed by atoms with Crippen molar-refractivity contribution in [3.05, 3.63) is 25.1 Å². The van der Waals surface area contributed by atoms with Crippen LogP contribution >= 0.6 is 58.0 Å². The first-order valence-corrected chi connectivity index (χ1v) is 5.85. The lowest BCUT2D eigenvalue weighted by molar-refractivity contribution is 1.02. The lowest BCUT2D eigenvalue weighted by Gasteiger charge is -2.13. The summed E-state index contributed by atoms with van der Waals surface area (Å²) in [6.45, 7) is 0.943. The average molecular weight is 308 g/mol. The summed E-state index contributed by atoms with van der Waals surface area (Å²) < 4.78 is 0. The standard InChI is InChI=1S/C8H7Cl5N2/c9-3-4(10)6(12)8(15-2-1-14)7(13)5(3)11/h15H,1-2,14H2. The topological polar surface area (TPSA) is 38.0 Å². The Hall–Kier alpha value is 0.430. The number of halogens is 5. The van der Waals surface area contributed by atoms with Crippen molar-refractivity contribution < 1.29 is 0 Å². The Morgan fingerprint density at radius 3 is 1.60 bits per heavy atom. The van der Waals surface area contributed by atoms with E-state index in [1.165, 1.54) is 0 Å². The molecule has 0 aliphatic heterocycles. The molecule has 0 aliphatic carbocycles. The van der Waals surface area contributed by atoms with Gasteiger partial charge in [0.05, 0.1) is 30.8 Å². The summed E-state index contributed by atoms with van der Waals surface area (Å²) in [5.41, 5.74) is 5.79. The van der Waals surface area contributed by atoms with Crippen LogP contribution in [0.3, 0.4) is 0 Å². The smallest absolute Gasteiger partial charge is 0.0855 e. The zero-order valence-electron chi connectivity index (χ0n) is 7.38. The maximum absolute atomic E-state index is 5.95. The van der Waals surface area contributed by atoms with E-state index in [-0.39, 0.29) is 25.1 Å². The van der Waals surface area contributed by atoms with Crippen LogP contribution in [0.1, 0.15) is 0 Å². The van der Waals surface area contributed by atoms with Gasteiger partial charge in [-0.05, 0) is 0 Å². The van der Waals surface area contributed by atoms with Gasteiger partial charge < -0.3 is 11.1 Å². The predicted molar refractivity (Wildman–Crippen MR) is 69.0 cm³/mol. The van der Waals surface area contributed by atoms with Crippen molar-refractivity contribution in [1.82, 2.24) is 0 Å². The number of anilines is 1. The summed E-state index contributed by atoms with van der Waals surface area (Å²) in [6, 6.07) is 0. The van der Waals surface area contributed by atoms with Crippen molar-refractivity contribution in [2.24, 2.45) is 5.73 Å². The summed E-state index contributed by atoms with van der Waals surface area (Å²) in [6.07, 6.45) is 0. The number of nitrogens with two attached hydrogens (primary N) is 1. The second-order valence-electron chi connectivity index (χ2n) is 2.66. The van der Waals surface area contributed by atoms with Crippen molar-refractivity contribution in [2.45, 2.75) is 0 Å². The molecule has 7 heteroatoms. The summed E-state index contributed by atoms with van der Waals surface area (Å²) in [5, 5.41) is 3.90. The highest BCUT2D eigenvalue weighted by Crippen LogP contribution is 2.46. The van der Waals surface area contributed by atoms with E-state index < -0.39 is 0 Å². The Balaban J connectivity index is 3.26. The van der Waals surface area contributed by atoms with Gasteiger partial charge in [0.25, 0.3) is 0 Å². The number of hydrogen-bond donors (Lipinski definition) is 2.